The first kappa shape index (κ1) is 11.8. The number of aldehydes is 1. The Labute approximate surface area is 104 Å². The molecular formula is C14H10N2O2. The van der Waals surface area contributed by atoms with Crippen molar-refractivity contribution in [1.29, 1.82) is 5.26 Å². The molecule has 0 bridgehead atoms. The third-order valence-electron chi connectivity index (χ3n) is 2.41. The maximum absolute atomic E-state index is 11.0. The number of hydrogen-bond donors (Lipinski definition) is 0. The predicted molar refractivity (Wildman–Crippen MR) is 65.6 cm³/mol. The molecule has 0 fully saturated rings. The molecule has 0 aliphatic heterocycles. The first-order valence-electron chi connectivity index (χ1n) is 5.34. The molecule has 4 nitrogen and oxygen atoms in total. The molecule has 1 aromatic carbocycles. The summed E-state index contributed by atoms with van der Waals surface area (Å²) in [5.74, 6) is 0.810. The molecule has 0 saturated carbocycles. The minimum Gasteiger partial charge on any atom is -0.438 e. The van der Waals surface area contributed by atoms with E-state index in [1.165, 1.54) is 6.07 Å². The van der Waals surface area contributed by atoms with Crippen LogP contribution in [0.15, 0.2) is 36.4 Å². The van der Waals surface area contributed by atoms with E-state index in [4.69, 9.17) is 10.00 Å². The van der Waals surface area contributed by atoms with Crippen LogP contribution in [0.5, 0.6) is 11.6 Å². The van der Waals surface area contributed by atoms with Crippen LogP contribution in [0.4, 0.5) is 0 Å². The number of para-hydroxylation sites is 1. The van der Waals surface area contributed by atoms with Crippen molar-refractivity contribution in [3.8, 4) is 17.7 Å². The fourth-order valence-electron chi connectivity index (χ4n) is 1.48. The Morgan fingerprint density at radius 3 is 2.67 bits per heavy atom. The number of benzene rings is 1. The van der Waals surface area contributed by atoms with Crippen LogP contribution in [0, 0.1) is 18.3 Å². The van der Waals surface area contributed by atoms with Gasteiger partial charge in [0.1, 0.15) is 11.8 Å². The largest absolute Gasteiger partial charge is 0.438 e. The van der Waals surface area contributed by atoms with Crippen molar-refractivity contribution in [1.82, 2.24) is 4.98 Å². The van der Waals surface area contributed by atoms with Crippen molar-refractivity contribution in [2.75, 3.05) is 0 Å². The molecule has 18 heavy (non-hydrogen) atoms. The Morgan fingerprint density at radius 2 is 2.06 bits per heavy atom. The lowest BCUT2D eigenvalue weighted by molar-refractivity contribution is 0.112. The second kappa shape index (κ2) is 5.11. The molecule has 0 radical (unpaired) electrons. The molecule has 0 aliphatic carbocycles. The van der Waals surface area contributed by atoms with E-state index < -0.39 is 0 Å². The highest BCUT2D eigenvalue weighted by Crippen LogP contribution is 2.23. The highest BCUT2D eigenvalue weighted by atomic mass is 16.5. The third-order valence-corrected chi connectivity index (χ3v) is 2.41. The fraction of sp³-hybridized carbons (Fsp3) is 0.0714. The molecular weight excluding hydrogens is 228 g/mol. The standard InChI is InChI=1S/C14H10N2O2/c1-10-11(8-15)7-12(9-17)14(16-10)18-13-5-3-2-4-6-13/h2-7,9H,1H3. The summed E-state index contributed by atoms with van der Waals surface area (Å²) in [4.78, 5) is 15.1. The van der Waals surface area contributed by atoms with Gasteiger partial charge in [0.25, 0.3) is 0 Å². The van der Waals surface area contributed by atoms with Gasteiger partial charge in [-0.25, -0.2) is 4.98 Å². The topological polar surface area (TPSA) is 63.0 Å². The summed E-state index contributed by atoms with van der Waals surface area (Å²) in [5.41, 5.74) is 1.17. The smallest absolute Gasteiger partial charge is 0.230 e. The summed E-state index contributed by atoms with van der Waals surface area (Å²) in [6.07, 6.45) is 0.631. The van der Waals surface area contributed by atoms with E-state index in [0.717, 1.165) is 0 Å². The number of hydrogen-bond acceptors (Lipinski definition) is 4. The first-order valence-corrected chi connectivity index (χ1v) is 5.34. The van der Waals surface area contributed by atoms with Gasteiger partial charge >= 0.3 is 0 Å². The van der Waals surface area contributed by atoms with Crippen molar-refractivity contribution in [3.05, 3.63) is 53.2 Å². The second-order valence-electron chi connectivity index (χ2n) is 3.66. The third kappa shape index (κ3) is 2.36. The summed E-state index contributed by atoms with van der Waals surface area (Å²) in [6, 6.07) is 12.5. The van der Waals surface area contributed by atoms with Gasteiger partial charge in [-0.05, 0) is 25.1 Å². The molecule has 0 spiro atoms. The average Bonchev–Trinajstić information content (AvgIpc) is 2.40. The molecule has 0 atom stereocenters. The normalized spacial score (nSPS) is 9.56. The molecule has 0 amide bonds. The highest BCUT2D eigenvalue weighted by Gasteiger charge is 2.10. The van der Waals surface area contributed by atoms with Crippen LogP contribution in [0.25, 0.3) is 0 Å². The van der Waals surface area contributed by atoms with Gasteiger partial charge in [-0.2, -0.15) is 5.26 Å². The fourth-order valence-corrected chi connectivity index (χ4v) is 1.48. The molecule has 2 rings (SSSR count). The van der Waals surface area contributed by atoms with Gasteiger partial charge in [0, 0.05) is 0 Å². The number of ether oxygens (including phenoxy) is 1. The molecule has 0 aliphatic rings. The maximum Gasteiger partial charge on any atom is 0.230 e. The van der Waals surface area contributed by atoms with Gasteiger partial charge in [-0.15, -0.1) is 0 Å². The van der Waals surface area contributed by atoms with E-state index >= 15 is 0 Å². The van der Waals surface area contributed by atoms with Crippen LogP contribution in [-0.2, 0) is 0 Å². The first-order chi connectivity index (χ1) is 8.74. The summed E-state index contributed by atoms with van der Waals surface area (Å²) in [7, 11) is 0. The van der Waals surface area contributed by atoms with E-state index in [2.05, 4.69) is 4.98 Å². The average molecular weight is 238 g/mol. The van der Waals surface area contributed by atoms with Gasteiger partial charge < -0.3 is 4.74 Å². The highest BCUT2D eigenvalue weighted by molar-refractivity contribution is 5.79. The number of nitrogens with zero attached hydrogens (tertiary/aromatic N) is 2. The predicted octanol–water partition coefficient (Wildman–Crippen LogP) is 2.87. The Balaban J connectivity index is 2.42. The van der Waals surface area contributed by atoms with Crippen LogP contribution in [0.3, 0.4) is 0 Å². The second-order valence-corrected chi connectivity index (χ2v) is 3.66. The number of aromatic nitrogens is 1. The Hall–Kier alpha value is -2.67. The van der Waals surface area contributed by atoms with E-state index in [1.54, 1.807) is 19.1 Å². The van der Waals surface area contributed by atoms with E-state index in [1.807, 2.05) is 24.3 Å². The Morgan fingerprint density at radius 1 is 1.33 bits per heavy atom. The SMILES string of the molecule is Cc1nc(Oc2ccccc2)c(C=O)cc1C#N. The minimum atomic E-state index is 0.215. The summed E-state index contributed by atoms with van der Waals surface area (Å²) >= 11 is 0. The van der Waals surface area contributed by atoms with Crippen molar-refractivity contribution in [3.63, 3.8) is 0 Å². The maximum atomic E-state index is 11.0. The number of carbonyl (C=O) groups excluding carboxylic acids is 1. The van der Waals surface area contributed by atoms with Gasteiger partial charge in [0.2, 0.25) is 5.88 Å². The number of carbonyl (C=O) groups is 1. The Bertz CT molecular complexity index is 616. The van der Waals surface area contributed by atoms with Gasteiger partial charge in [0.15, 0.2) is 6.29 Å². The number of rotatable bonds is 3. The van der Waals surface area contributed by atoms with Gasteiger partial charge in [-0.1, -0.05) is 18.2 Å². The molecule has 0 saturated heterocycles. The van der Waals surface area contributed by atoms with E-state index in [0.29, 0.717) is 23.3 Å². The lowest BCUT2D eigenvalue weighted by Gasteiger charge is -2.08. The molecule has 88 valence electrons. The summed E-state index contributed by atoms with van der Waals surface area (Å²) < 4.78 is 5.53. The van der Waals surface area contributed by atoms with Crippen LogP contribution < -0.4 is 4.74 Å². The molecule has 4 heteroatoms. The van der Waals surface area contributed by atoms with Gasteiger partial charge in [-0.3, -0.25) is 4.79 Å². The lowest BCUT2D eigenvalue weighted by Crippen LogP contribution is -1.98. The van der Waals surface area contributed by atoms with E-state index in [-0.39, 0.29) is 11.4 Å². The number of aryl methyl sites for hydroxylation is 1. The monoisotopic (exact) mass is 238 g/mol. The van der Waals surface area contributed by atoms with Crippen molar-refractivity contribution < 1.29 is 9.53 Å². The molecule has 0 unspecified atom stereocenters. The quantitative estimate of drug-likeness (QED) is 0.771. The van der Waals surface area contributed by atoms with Gasteiger partial charge in [0.05, 0.1) is 16.8 Å². The Kier molecular flexibility index (Phi) is 3.35. The number of nitriles is 1. The van der Waals surface area contributed by atoms with Crippen molar-refractivity contribution >= 4 is 6.29 Å². The van der Waals surface area contributed by atoms with Crippen molar-refractivity contribution in [2.45, 2.75) is 6.92 Å². The molecule has 1 heterocycles. The number of pyridine rings is 1. The lowest BCUT2D eigenvalue weighted by atomic mass is 10.1. The zero-order valence-corrected chi connectivity index (χ0v) is 9.75. The van der Waals surface area contributed by atoms with Crippen molar-refractivity contribution in [2.24, 2.45) is 0 Å². The minimum absolute atomic E-state index is 0.215. The summed E-state index contributed by atoms with van der Waals surface area (Å²) in [5, 5.41) is 8.87. The molecule has 2 aromatic rings. The summed E-state index contributed by atoms with van der Waals surface area (Å²) in [6.45, 7) is 1.70. The molecule has 0 N–H and O–H groups in total. The molecule has 1 aromatic heterocycles. The van der Waals surface area contributed by atoms with Crippen LogP contribution in [0.2, 0.25) is 0 Å². The van der Waals surface area contributed by atoms with Crippen LogP contribution >= 0.6 is 0 Å². The van der Waals surface area contributed by atoms with Crippen LogP contribution in [0.1, 0.15) is 21.6 Å². The zero-order chi connectivity index (χ0) is 13.0. The van der Waals surface area contributed by atoms with E-state index in [9.17, 15) is 4.79 Å². The van der Waals surface area contributed by atoms with Crippen LogP contribution in [-0.4, -0.2) is 11.3 Å². The zero-order valence-electron chi connectivity index (χ0n) is 9.75.